The number of nitrogen functional groups attached to an aromatic ring is 1. The number of aliphatic hydroxyl groups is 1. The Morgan fingerprint density at radius 1 is 1.03 bits per heavy atom. The summed E-state index contributed by atoms with van der Waals surface area (Å²) in [5.74, 6) is -0.820. The fourth-order valence-corrected chi connectivity index (χ4v) is 3.84. The van der Waals surface area contributed by atoms with Gasteiger partial charge in [-0.05, 0) is 36.2 Å². The summed E-state index contributed by atoms with van der Waals surface area (Å²) >= 11 is 0. The molecule has 1 amide bonds. The molecule has 0 radical (unpaired) electrons. The summed E-state index contributed by atoms with van der Waals surface area (Å²) in [5.41, 5.74) is 7.84. The van der Waals surface area contributed by atoms with Crippen LogP contribution in [0.25, 0.3) is 0 Å². The average molecular weight is 386 g/mol. The third-order valence-electron chi connectivity index (χ3n) is 5.45. The largest absolute Gasteiger partial charge is 0.399 e. The monoisotopic (exact) mass is 386 g/mol. The van der Waals surface area contributed by atoms with Crippen molar-refractivity contribution in [3.8, 4) is 0 Å². The first-order valence-corrected chi connectivity index (χ1v) is 9.47. The Balaban J connectivity index is 1.70. The van der Waals surface area contributed by atoms with E-state index >= 15 is 0 Å². The molecule has 4 rings (SSSR count). The number of nitrogens with zero attached hydrogens (tertiary/aromatic N) is 1. The van der Waals surface area contributed by atoms with Gasteiger partial charge in [0.05, 0.1) is 18.7 Å². The number of hydrogen-bond acceptors (Lipinski definition) is 4. The minimum atomic E-state index is -1.90. The number of carbonyl (C=O) groups excluding carboxylic acids is 2. The van der Waals surface area contributed by atoms with Gasteiger partial charge >= 0.3 is 0 Å². The Morgan fingerprint density at radius 2 is 1.76 bits per heavy atom. The maximum atomic E-state index is 13.3. The van der Waals surface area contributed by atoms with E-state index in [0.717, 1.165) is 11.1 Å². The predicted octanol–water partition coefficient (Wildman–Crippen LogP) is 3.58. The highest BCUT2D eigenvalue weighted by Crippen LogP contribution is 2.43. The Hall–Kier alpha value is -3.44. The molecule has 0 unspecified atom stereocenters. The maximum absolute atomic E-state index is 13.3. The van der Waals surface area contributed by atoms with E-state index in [4.69, 9.17) is 5.73 Å². The minimum absolute atomic E-state index is 0.331. The number of aryl methyl sites for hydroxylation is 1. The molecule has 0 aliphatic carbocycles. The minimum Gasteiger partial charge on any atom is -0.399 e. The normalized spacial score (nSPS) is 18.0. The zero-order valence-corrected chi connectivity index (χ0v) is 16.1. The first kappa shape index (κ1) is 18.9. The maximum Gasteiger partial charge on any atom is 0.264 e. The highest BCUT2D eigenvalue weighted by molar-refractivity contribution is 6.10. The summed E-state index contributed by atoms with van der Waals surface area (Å²) in [6.45, 7) is 2.31. The molecular formula is C24H22N2O3. The third-order valence-corrected chi connectivity index (χ3v) is 5.45. The number of hydrogen-bond donors (Lipinski definition) is 2. The molecule has 1 heterocycles. The summed E-state index contributed by atoms with van der Waals surface area (Å²) in [6.07, 6.45) is -0.337. The van der Waals surface area contributed by atoms with Crippen LogP contribution in [0.4, 0.5) is 11.4 Å². The standard InChI is InChI=1S/C24H22N2O3/c1-16-7-2-3-8-18(16)15-26-21-12-5-4-11-20(21)24(29,23(26)28)14-22(27)17-9-6-10-19(25)13-17/h2-13,29H,14-15,25H2,1H3/t24-/m1/s1. The summed E-state index contributed by atoms with van der Waals surface area (Å²) in [6, 6.07) is 21.5. The SMILES string of the molecule is Cc1ccccc1CN1C(=O)[C@@](O)(CC(=O)c2cccc(N)c2)c2ccccc21. The number of benzene rings is 3. The first-order valence-electron chi connectivity index (χ1n) is 9.47. The molecule has 3 N–H and O–H groups in total. The first-order chi connectivity index (χ1) is 13.9. The van der Waals surface area contributed by atoms with Crippen molar-refractivity contribution < 1.29 is 14.7 Å². The van der Waals surface area contributed by atoms with E-state index in [1.165, 1.54) is 0 Å². The van der Waals surface area contributed by atoms with Crippen LogP contribution < -0.4 is 10.6 Å². The highest BCUT2D eigenvalue weighted by atomic mass is 16.3. The fraction of sp³-hybridized carbons (Fsp3) is 0.167. The number of anilines is 2. The Kier molecular flexibility index (Phi) is 4.68. The number of para-hydroxylation sites is 1. The van der Waals surface area contributed by atoms with Crippen LogP contribution in [0.1, 0.15) is 33.5 Å². The van der Waals surface area contributed by atoms with Gasteiger partial charge in [0.2, 0.25) is 0 Å². The highest BCUT2D eigenvalue weighted by Gasteiger charge is 2.50. The van der Waals surface area contributed by atoms with Crippen molar-refractivity contribution in [2.75, 3.05) is 10.6 Å². The molecule has 0 bridgehead atoms. The van der Waals surface area contributed by atoms with Crippen LogP contribution in [0, 0.1) is 6.92 Å². The second-order valence-electron chi connectivity index (χ2n) is 7.42. The zero-order chi connectivity index (χ0) is 20.6. The quantitative estimate of drug-likeness (QED) is 0.519. The van der Waals surface area contributed by atoms with E-state index < -0.39 is 11.5 Å². The lowest BCUT2D eigenvalue weighted by Crippen LogP contribution is -2.41. The summed E-state index contributed by atoms with van der Waals surface area (Å²) in [4.78, 5) is 27.7. The fourth-order valence-electron chi connectivity index (χ4n) is 3.84. The molecule has 29 heavy (non-hydrogen) atoms. The summed E-state index contributed by atoms with van der Waals surface area (Å²) < 4.78 is 0. The van der Waals surface area contributed by atoms with Gasteiger partial charge in [-0.2, -0.15) is 0 Å². The van der Waals surface area contributed by atoms with E-state index in [9.17, 15) is 14.7 Å². The second-order valence-corrected chi connectivity index (χ2v) is 7.42. The molecule has 0 saturated carbocycles. The molecule has 0 saturated heterocycles. The molecule has 5 nitrogen and oxygen atoms in total. The molecular weight excluding hydrogens is 364 g/mol. The third kappa shape index (κ3) is 3.30. The second kappa shape index (κ2) is 7.18. The number of nitrogens with two attached hydrogens (primary N) is 1. The summed E-state index contributed by atoms with van der Waals surface area (Å²) in [7, 11) is 0. The molecule has 146 valence electrons. The van der Waals surface area contributed by atoms with Gasteiger partial charge < -0.3 is 15.7 Å². The van der Waals surface area contributed by atoms with E-state index in [2.05, 4.69) is 0 Å². The Morgan fingerprint density at radius 3 is 2.52 bits per heavy atom. The summed E-state index contributed by atoms with van der Waals surface area (Å²) in [5, 5.41) is 11.4. The van der Waals surface area contributed by atoms with Crippen molar-refractivity contribution in [3.05, 3.63) is 95.1 Å². The lowest BCUT2D eigenvalue weighted by molar-refractivity contribution is -0.136. The van der Waals surface area contributed by atoms with Gasteiger partial charge in [-0.25, -0.2) is 0 Å². The molecule has 3 aromatic carbocycles. The van der Waals surface area contributed by atoms with Crippen molar-refractivity contribution >= 4 is 23.1 Å². The van der Waals surface area contributed by atoms with Crippen LogP contribution >= 0.6 is 0 Å². The molecule has 0 spiro atoms. The van der Waals surface area contributed by atoms with Gasteiger partial charge in [-0.15, -0.1) is 0 Å². The number of rotatable bonds is 5. The van der Waals surface area contributed by atoms with Crippen LogP contribution in [0.2, 0.25) is 0 Å². The molecule has 3 aromatic rings. The smallest absolute Gasteiger partial charge is 0.264 e. The van der Waals surface area contributed by atoms with Crippen molar-refractivity contribution in [1.82, 2.24) is 0 Å². The van der Waals surface area contributed by atoms with Gasteiger partial charge in [0.15, 0.2) is 11.4 Å². The number of ketones is 1. The molecule has 1 aliphatic heterocycles. The van der Waals surface area contributed by atoms with E-state index in [1.807, 2.05) is 37.3 Å². The molecule has 1 aliphatic rings. The Labute approximate surface area is 169 Å². The van der Waals surface area contributed by atoms with E-state index in [-0.39, 0.29) is 12.2 Å². The van der Waals surface area contributed by atoms with Crippen molar-refractivity contribution in [3.63, 3.8) is 0 Å². The van der Waals surface area contributed by atoms with Crippen molar-refractivity contribution in [2.24, 2.45) is 0 Å². The molecule has 1 atom stereocenters. The van der Waals surface area contributed by atoms with Gasteiger partial charge in [-0.1, -0.05) is 54.6 Å². The molecule has 0 fully saturated rings. The lowest BCUT2D eigenvalue weighted by Gasteiger charge is -2.23. The number of fused-ring (bicyclic) bond motifs is 1. The van der Waals surface area contributed by atoms with Crippen LogP contribution in [0.15, 0.2) is 72.8 Å². The predicted molar refractivity (Wildman–Crippen MR) is 113 cm³/mol. The molecule has 0 aromatic heterocycles. The Bertz CT molecular complexity index is 1110. The molecule has 5 heteroatoms. The van der Waals surface area contributed by atoms with Crippen molar-refractivity contribution in [1.29, 1.82) is 0 Å². The average Bonchev–Trinajstić information content (AvgIpc) is 2.92. The van der Waals surface area contributed by atoms with Gasteiger partial charge in [0.1, 0.15) is 0 Å². The van der Waals surface area contributed by atoms with Gasteiger partial charge in [-0.3, -0.25) is 9.59 Å². The number of carbonyl (C=O) groups is 2. The topological polar surface area (TPSA) is 83.6 Å². The van der Waals surface area contributed by atoms with Crippen LogP contribution in [-0.2, 0) is 16.9 Å². The van der Waals surface area contributed by atoms with Crippen LogP contribution in [0.3, 0.4) is 0 Å². The zero-order valence-electron chi connectivity index (χ0n) is 16.1. The lowest BCUT2D eigenvalue weighted by atomic mass is 9.88. The number of amides is 1. The van der Waals surface area contributed by atoms with Gasteiger partial charge in [0.25, 0.3) is 5.91 Å². The van der Waals surface area contributed by atoms with Crippen LogP contribution in [0.5, 0.6) is 0 Å². The van der Waals surface area contributed by atoms with E-state index in [1.54, 1.807) is 47.4 Å². The van der Waals surface area contributed by atoms with E-state index in [0.29, 0.717) is 29.0 Å². The van der Waals surface area contributed by atoms with Crippen LogP contribution in [-0.4, -0.2) is 16.8 Å². The van der Waals surface area contributed by atoms with Crippen molar-refractivity contribution in [2.45, 2.75) is 25.5 Å². The number of Topliss-reactive ketones (excluding diaryl/α,β-unsaturated/α-hetero) is 1. The van der Waals surface area contributed by atoms with Gasteiger partial charge in [0, 0.05) is 16.8 Å².